The van der Waals surface area contributed by atoms with E-state index in [1.54, 1.807) is 0 Å². The Morgan fingerprint density at radius 3 is 2.93 bits per heavy atom. The first-order chi connectivity index (χ1) is 14.8. The standard InChI is InChI=1S/C22H25N7S/c1-15-6-5-10-28(12-15)20-19-17-9-11-27(13-16-7-3-2-4-8-16)14-18(17)30-21(19)29-22(23-20)24-25-26-29/h2-4,7-8,15H,5-6,9-14H2,1H3/t15-/m1/s1. The molecule has 1 fully saturated rings. The Hall–Kier alpha value is -2.58. The van der Waals surface area contributed by atoms with Crippen LogP contribution in [0, 0.1) is 5.92 Å². The topological polar surface area (TPSA) is 62.5 Å². The van der Waals surface area contributed by atoms with E-state index in [-0.39, 0.29) is 0 Å². The highest BCUT2D eigenvalue weighted by Gasteiger charge is 2.28. The minimum Gasteiger partial charge on any atom is -0.356 e. The van der Waals surface area contributed by atoms with Crippen LogP contribution in [-0.2, 0) is 19.5 Å². The van der Waals surface area contributed by atoms with Crippen LogP contribution in [0.1, 0.15) is 35.8 Å². The molecule has 2 aliphatic heterocycles. The molecule has 0 saturated carbocycles. The number of fused-ring (bicyclic) bond motifs is 5. The van der Waals surface area contributed by atoms with Gasteiger partial charge < -0.3 is 4.90 Å². The van der Waals surface area contributed by atoms with Gasteiger partial charge in [0.15, 0.2) is 0 Å². The Bertz CT molecular complexity index is 1200. The molecule has 0 aliphatic carbocycles. The van der Waals surface area contributed by atoms with Crippen LogP contribution >= 0.6 is 11.3 Å². The van der Waals surface area contributed by atoms with E-state index < -0.39 is 0 Å². The lowest BCUT2D eigenvalue weighted by Gasteiger charge is -2.33. The first-order valence-corrected chi connectivity index (χ1v) is 11.6. The molecule has 0 spiro atoms. The number of hydrogen-bond acceptors (Lipinski definition) is 7. The number of rotatable bonds is 3. The molecule has 1 atom stereocenters. The summed E-state index contributed by atoms with van der Waals surface area (Å²) in [5, 5.41) is 13.6. The maximum atomic E-state index is 4.93. The summed E-state index contributed by atoms with van der Waals surface area (Å²) in [6.07, 6.45) is 3.57. The van der Waals surface area contributed by atoms with Crippen molar-refractivity contribution in [3.05, 3.63) is 46.3 Å². The highest BCUT2D eigenvalue weighted by Crippen LogP contribution is 2.40. The minimum absolute atomic E-state index is 0.607. The van der Waals surface area contributed by atoms with E-state index in [1.807, 2.05) is 15.9 Å². The monoisotopic (exact) mass is 419 g/mol. The molecule has 1 aromatic carbocycles. The van der Waals surface area contributed by atoms with Gasteiger partial charge in [0.2, 0.25) is 0 Å². The largest absolute Gasteiger partial charge is 0.356 e. The predicted molar refractivity (Wildman–Crippen MR) is 119 cm³/mol. The normalized spacial score (nSPS) is 20.2. The van der Waals surface area contributed by atoms with Crippen LogP contribution in [0.25, 0.3) is 16.0 Å². The Labute approximate surface area is 179 Å². The van der Waals surface area contributed by atoms with Crippen LogP contribution in [-0.4, -0.2) is 49.6 Å². The minimum atomic E-state index is 0.607. The lowest BCUT2D eigenvalue weighted by Crippen LogP contribution is -2.35. The number of anilines is 1. The fourth-order valence-electron chi connectivity index (χ4n) is 4.94. The van der Waals surface area contributed by atoms with Crippen LogP contribution in [0.15, 0.2) is 30.3 Å². The first kappa shape index (κ1) is 18.2. The third-order valence-electron chi connectivity index (χ3n) is 6.40. The van der Waals surface area contributed by atoms with Crippen molar-refractivity contribution in [1.29, 1.82) is 0 Å². The van der Waals surface area contributed by atoms with Crippen molar-refractivity contribution in [2.75, 3.05) is 24.5 Å². The van der Waals surface area contributed by atoms with E-state index in [1.165, 1.54) is 34.2 Å². The van der Waals surface area contributed by atoms with Gasteiger partial charge in [-0.2, -0.15) is 9.50 Å². The maximum Gasteiger partial charge on any atom is 0.276 e. The van der Waals surface area contributed by atoms with E-state index in [2.05, 4.69) is 62.6 Å². The zero-order chi connectivity index (χ0) is 20.1. The molecule has 0 bridgehead atoms. The van der Waals surface area contributed by atoms with Gasteiger partial charge in [0.1, 0.15) is 10.6 Å². The molecule has 0 radical (unpaired) electrons. The SMILES string of the molecule is C[C@@H]1CCCN(c2nc3nnnn3c3sc4c(c23)CCN(Cc2ccccc2)C4)C1. The van der Waals surface area contributed by atoms with Gasteiger partial charge in [-0.1, -0.05) is 42.4 Å². The van der Waals surface area contributed by atoms with E-state index in [0.717, 1.165) is 49.8 Å². The zero-order valence-corrected chi connectivity index (χ0v) is 18.0. The Morgan fingerprint density at radius 1 is 1.17 bits per heavy atom. The summed E-state index contributed by atoms with van der Waals surface area (Å²) in [4.78, 5) is 12.5. The Kier molecular flexibility index (Phi) is 4.42. The zero-order valence-electron chi connectivity index (χ0n) is 17.2. The molecule has 4 aromatic rings. The lowest BCUT2D eigenvalue weighted by molar-refractivity contribution is 0.249. The predicted octanol–water partition coefficient (Wildman–Crippen LogP) is 3.53. The van der Waals surface area contributed by atoms with Crippen molar-refractivity contribution in [2.24, 2.45) is 5.92 Å². The molecule has 8 heteroatoms. The average Bonchev–Trinajstić information content (AvgIpc) is 3.38. The maximum absolute atomic E-state index is 4.93. The molecule has 154 valence electrons. The first-order valence-electron chi connectivity index (χ1n) is 10.8. The fourth-order valence-corrected chi connectivity index (χ4v) is 6.27. The molecule has 0 amide bonds. The van der Waals surface area contributed by atoms with Gasteiger partial charge in [-0.05, 0) is 46.7 Å². The molecule has 6 rings (SSSR count). The van der Waals surface area contributed by atoms with Crippen LogP contribution < -0.4 is 4.90 Å². The van der Waals surface area contributed by atoms with Gasteiger partial charge in [0.25, 0.3) is 5.78 Å². The summed E-state index contributed by atoms with van der Waals surface area (Å²) in [6, 6.07) is 10.7. The van der Waals surface area contributed by atoms with Crippen LogP contribution in [0.2, 0.25) is 0 Å². The van der Waals surface area contributed by atoms with Gasteiger partial charge in [-0.15, -0.1) is 11.3 Å². The van der Waals surface area contributed by atoms with E-state index in [9.17, 15) is 0 Å². The highest BCUT2D eigenvalue weighted by molar-refractivity contribution is 7.19. The molecular weight excluding hydrogens is 394 g/mol. The smallest absolute Gasteiger partial charge is 0.276 e. The molecule has 30 heavy (non-hydrogen) atoms. The van der Waals surface area contributed by atoms with Crippen molar-refractivity contribution in [3.8, 4) is 0 Å². The van der Waals surface area contributed by atoms with Gasteiger partial charge in [0.05, 0.1) is 5.39 Å². The second kappa shape index (κ2) is 7.28. The van der Waals surface area contributed by atoms with Crippen molar-refractivity contribution < 1.29 is 0 Å². The summed E-state index contributed by atoms with van der Waals surface area (Å²) < 4.78 is 1.83. The third-order valence-corrected chi connectivity index (χ3v) is 7.59. The quantitative estimate of drug-likeness (QED) is 0.506. The molecule has 7 nitrogen and oxygen atoms in total. The summed E-state index contributed by atoms with van der Waals surface area (Å²) in [6.45, 7) is 7.49. The summed E-state index contributed by atoms with van der Waals surface area (Å²) in [5.74, 6) is 2.39. The van der Waals surface area contributed by atoms with Crippen LogP contribution in [0.4, 0.5) is 5.82 Å². The van der Waals surface area contributed by atoms with Crippen molar-refractivity contribution in [1.82, 2.24) is 29.9 Å². The van der Waals surface area contributed by atoms with E-state index in [0.29, 0.717) is 11.7 Å². The molecule has 0 unspecified atom stereocenters. The molecule has 3 aromatic heterocycles. The molecule has 1 saturated heterocycles. The number of aromatic nitrogens is 5. The van der Waals surface area contributed by atoms with Gasteiger partial charge in [-0.3, -0.25) is 4.90 Å². The number of nitrogens with zero attached hydrogens (tertiary/aromatic N) is 7. The van der Waals surface area contributed by atoms with Crippen molar-refractivity contribution in [3.63, 3.8) is 0 Å². The molecular formula is C22H25N7S. The second-order valence-electron chi connectivity index (χ2n) is 8.65. The number of piperidine rings is 1. The van der Waals surface area contributed by atoms with Crippen molar-refractivity contribution >= 4 is 33.1 Å². The third kappa shape index (κ3) is 3.06. The van der Waals surface area contributed by atoms with E-state index in [4.69, 9.17) is 4.98 Å². The van der Waals surface area contributed by atoms with E-state index >= 15 is 0 Å². The number of benzene rings is 1. The Balaban J connectivity index is 1.42. The average molecular weight is 420 g/mol. The van der Waals surface area contributed by atoms with Gasteiger partial charge >= 0.3 is 0 Å². The highest BCUT2D eigenvalue weighted by atomic mass is 32.1. The van der Waals surface area contributed by atoms with Crippen molar-refractivity contribution in [2.45, 2.75) is 39.3 Å². The summed E-state index contributed by atoms with van der Waals surface area (Å²) in [5.41, 5.74) is 2.83. The molecule has 0 N–H and O–H groups in total. The number of hydrogen-bond donors (Lipinski definition) is 0. The van der Waals surface area contributed by atoms with Gasteiger partial charge in [0, 0.05) is 37.6 Å². The molecule has 5 heterocycles. The second-order valence-corrected chi connectivity index (χ2v) is 9.73. The van der Waals surface area contributed by atoms with Gasteiger partial charge in [-0.25, -0.2) is 0 Å². The van der Waals surface area contributed by atoms with Crippen LogP contribution in [0.5, 0.6) is 0 Å². The number of thiophene rings is 1. The summed E-state index contributed by atoms with van der Waals surface area (Å²) in [7, 11) is 0. The Morgan fingerprint density at radius 2 is 2.07 bits per heavy atom. The summed E-state index contributed by atoms with van der Waals surface area (Å²) >= 11 is 1.84. The number of tetrazole rings is 1. The van der Waals surface area contributed by atoms with Crippen LogP contribution in [0.3, 0.4) is 0 Å². The molecule has 2 aliphatic rings. The fraction of sp³-hybridized carbons (Fsp3) is 0.455. The lowest BCUT2D eigenvalue weighted by atomic mass is 9.99.